The van der Waals surface area contributed by atoms with E-state index >= 15 is 0 Å². The van der Waals surface area contributed by atoms with E-state index in [0.717, 1.165) is 21.5 Å². The van der Waals surface area contributed by atoms with E-state index in [1.807, 2.05) is 49.4 Å². The van der Waals surface area contributed by atoms with Crippen LogP contribution >= 0.6 is 15.9 Å². The Bertz CT molecular complexity index is 3820. The third-order valence-corrected chi connectivity index (χ3v) is 16.8. The van der Waals surface area contributed by atoms with Gasteiger partial charge in [-0.2, -0.15) is 0 Å². The number of fused-ring (bicyclic) bond motifs is 1. The molecule has 0 bridgehead atoms. The minimum atomic E-state index is -3.87. The fourth-order valence-corrected chi connectivity index (χ4v) is 10.2. The molecule has 2 unspecified atom stereocenters. The summed E-state index contributed by atoms with van der Waals surface area (Å²) in [5, 5.41) is 16.6. The highest BCUT2D eigenvalue weighted by Gasteiger charge is 2.30. The summed E-state index contributed by atoms with van der Waals surface area (Å²) in [5.41, 5.74) is 11.1. The molecule has 0 radical (unpaired) electrons. The van der Waals surface area contributed by atoms with Gasteiger partial charge in [0.05, 0.1) is 106 Å². The van der Waals surface area contributed by atoms with Crippen LogP contribution in [0.25, 0.3) is 33.5 Å². The van der Waals surface area contributed by atoms with Crippen LogP contribution in [0.5, 0.6) is 5.75 Å². The third kappa shape index (κ3) is 23.5. The lowest BCUT2D eigenvalue weighted by atomic mass is 10.0. The minimum absolute atomic E-state index is 0.0489. The number of rotatable bonds is 39. The second-order valence-electron chi connectivity index (χ2n) is 22.4. The number of imidazole rings is 1. The normalized spacial score (nSPS) is 12.8. The van der Waals surface area contributed by atoms with Crippen LogP contribution < -0.4 is 47.1 Å². The van der Waals surface area contributed by atoms with Crippen molar-refractivity contribution >= 4 is 95.8 Å². The Hall–Kier alpha value is -9.40. The average molecular weight is 1410 g/mol. The molecule has 0 saturated carbocycles. The Balaban J connectivity index is 0.830. The lowest BCUT2D eigenvalue weighted by Crippen LogP contribution is -2.54. The summed E-state index contributed by atoms with van der Waals surface area (Å²) < 4.78 is 60.7. The van der Waals surface area contributed by atoms with E-state index in [-0.39, 0.29) is 115 Å². The molecule has 1 aliphatic rings. The predicted molar refractivity (Wildman–Crippen MR) is 358 cm³/mol. The van der Waals surface area contributed by atoms with Gasteiger partial charge in [-0.3, -0.25) is 43.6 Å². The zero-order valence-electron chi connectivity index (χ0n) is 53.8. The Morgan fingerprint density at radius 1 is 0.740 bits per heavy atom. The van der Waals surface area contributed by atoms with Crippen molar-refractivity contribution in [2.24, 2.45) is 11.7 Å². The highest BCUT2D eigenvalue weighted by Crippen LogP contribution is 2.33. The first-order chi connectivity index (χ1) is 46.0. The molecule has 2 atom stereocenters. The number of carbonyl (C=O) groups is 8. The first-order valence-electron chi connectivity index (χ1n) is 31.0. The zero-order chi connectivity index (χ0) is 69.2. The molecule has 9 amide bonds. The number of amides is 9. The summed E-state index contributed by atoms with van der Waals surface area (Å²) in [6.45, 7) is 10.8. The maximum atomic E-state index is 13.7. The molecule has 514 valence electrons. The van der Waals surface area contributed by atoms with E-state index in [0.29, 0.717) is 75.4 Å². The Labute approximate surface area is 563 Å². The van der Waals surface area contributed by atoms with E-state index in [2.05, 4.69) is 62.5 Å². The summed E-state index contributed by atoms with van der Waals surface area (Å²) in [7, 11) is -3.87. The van der Waals surface area contributed by atoms with Crippen molar-refractivity contribution < 1.29 is 75.2 Å². The van der Waals surface area contributed by atoms with Gasteiger partial charge in [-0.1, -0.05) is 38.1 Å². The molecule has 29 nitrogen and oxygen atoms in total. The van der Waals surface area contributed by atoms with E-state index in [1.54, 1.807) is 62.5 Å². The Morgan fingerprint density at radius 2 is 1.43 bits per heavy atom. The number of ether oxygens (including phenoxy) is 6. The number of primary amides is 1. The molecule has 3 aromatic carbocycles. The number of imide groups is 1. The van der Waals surface area contributed by atoms with Crippen LogP contribution in [0.1, 0.15) is 74.4 Å². The zero-order valence-corrected chi connectivity index (χ0v) is 56.2. The maximum absolute atomic E-state index is 13.7. The van der Waals surface area contributed by atoms with Crippen LogP contribution in [-0.2, 0) is 70.8 Å². The van der Waals surface area contributed by atoms with Crippen LogP contribution in [0, 0.1) is 12.8 Å². The molecule has 0 saturated heterocycles. The lowest BCUT2D eigenvalue weighted by Gasteiger charge is -2.25. The molecular weight excluding hydrogens is 1330 g/mol. The van der Waals surface area contributed by atoms with Gasteiger partial charge >= 0.3 is 12.1 Å². The molecule has 4 heterocycles. The Morgan fingerprint density at radius 3 is 2.10 bits per heavy atom. The van der Waals surface area contributed by atoms with Crippen LogP contribution in [0.2, 0.25) is 0 Å². The Kier molecular flexibility index (Phi) is 28.6. The monoisotopic (exact) mass is 1410 g/mol. The number of pyridine rings is 2. The van der Waals surface area contributed by atoms with Crippen molar-refractivity contribution in [3.8, 4) is 28.4 Å². The summed E-state index contributed by atoms with van der Waals surface area (Å²) in [6, 6.07) is 21.8. The number of benzene rings is 3. The van der Waals surface area contributed by atoms with Crippen molar-refractivity contribution in [1.82, 2.24) is 50.8 Å². The molecule has 7 rings (SSSR count). The molecule has 31 heteroatoms. The van der Waals surface area contributed by atoms with Crippen LogP contribution in [0.15, 0.2) is 108 Å². The second kappa shape index (κ2) is 37.0. The quantitative estimate of drug-likeness (QED) is 0.0169. The summed E-state index contributed by atoms with van der Waals surface area (Å²) in [4.78, 5) is 119. The van der Waals surface area contributed by atoms with Crippen LogP contribution in [-0.4, -0.2) is 177 Å². The number of urea groups is 1. The maximum Gasteiger partial charge on any atom is 0.407 e. The van der Waals surface area contributed by atoms with Crippen molar-refractivity contribution in [3.05, 3.63) is 130 Å². The van der Waals surface area contributed by atoms with Crippen molar-refractivity contribution in [1.29, 1.82) is 0 Å². The first kappa shape index (κ1) is 74.0. The lowest BCUT2D eigenvalue weighted by molar-refractivity contribution is -0.137. The summed E-state index contributed by atoms with van der Waals surface area (Å²) >= 11 is 3.36. The molecule has 3 aromatic heterocycles. The number of carbonyl (C=O) groups excluding carboxylic acids is 8. The number of nitrogens with one attached hydrogen (secondary N) is 8. The minimum Gasteiger partial charge on any atom is -0.490 e. The van der Waals surface area contributed by atoms with Crippen molar-refractivity contribution in [3.63, 3.8) is 0 Å². The highest BCUT2D eigenvalue weighted by atomic mass is 79.9. The van der Waals surface area contributed by atoms with Gasteiger partial charge in [-0.25, -0.2) is 27.7 Å². The number of aromatic nitrogens is 4. The van der Waals surface area contributed by atoms with Gasteiger partial charge in [-0.15, -0.1) is 0 Å². The van der Waals surface area contributed by atoms with Gasteiger partial charge in [0.1, 0.15) is 42.6 Å². The fraction of sp³-hybridized carbons (Fsp3) is 0.400. The smallest absolute Gasteiger partial charge is 0.407 e. The van der Waals surface area contributed by atoms with Gasteiger partial charge in [-0.05, 0) is 122 Å². The molecule has 0 aliphatic carbocycles. The molecule has 10 N–H and O–H groups in total. The van der Waals surface area contributed by atoms with Crippen molar-refractivity contribution in [2.45, 2.75) is 84.4 Å². The number of nitrogens with zero attached hydrogens (tertiary/aromatic N) is 4. The largest absolute Gasteiger partial charge is 0.490 e. The number of alkyl carbamates (subject to hydrolysis) is 1. The number of aromatic amines is 1. The SMILES string of the molecule is Cc1cccc(-c2nc(CNc3ccc(Br)c(C(=O)NS(=O)(=O)C(C)C)c3)[nH]c2-c2ccc3ncc(OCCNC(=O)OCc4ccc(NC(=O)C(CCCNC(N)=O)NC(=O)C(NC(=O)CCOCCOCCOCCOCCN5C(=O)C=CC5=O)C(C)C)cc4)cc3c2)n1. The number of sulfonamides is 1. The van der Waals surface area contributed by atoms with E-state index in [4.69, 9.17) is 44.1 Å². The topological polar surface area (TPSA) is 394 Å². The highest BCUT2D eigenvalue weighted by molar-refractivity contribution is 9.10. The second-order valence-corrected chi connectivity index (χ2v) is 25.5. The predicted octanol–water partition coefficient (Wildman–Crippen LogP) is 5.54. The number of hydrogen-bond donors (Lipinski definition) is 9. The van der Waals surface area contributed by atoms with Crippen LogP contribution in [0.3, 0.4) is 0 Å². The number of hydrogen-bond acceptors (Lipinski definition) is 20. The van der Waals surface area contributed by atoms with Gasteiger partial charge in [0.25, 0.3) is 17.7 Å². The molecule has 1 aliphatic heterocycles. The van der Waals surface area contributed by atoms with E-state index in [9.17, 15) is 46.8 Å². The average Bonchev–Trinajstić information content (AvgIpc) is 1.56. The summed E-state index contributed by atoms with van der Waals surface area (Å²) in [5.74, 6) is -2.46. The first-order valence-corrected chi connectivity index (χ1v) is 33.3. The summed E-state index contributed by atoms with van der Waals surface area (Å²) in [6.07, 6.45) is 3.65. The van der Waals surface area contributed by atoms with Gasteiger partial charge in [0, 0.05) is 57.6 Å². The molecular formula is C65H80BrN13O16S. The van der Waals surface area contributed by atoms with E-state index < -0.39 is 63.1 Å². The number of anilines is 2. The standard InChI is InChI=1S/C65H80BrN13O16S/c1-40(2)58(77-55(80)21-25-90-28-30-92-32-33-93-31-29-91-27-24-79-56(81)19-20-57(79)82)63(85)74-53(10-7-22-68-64(67)86)62(84)73-46-14-11-43(12-15-46)39-95-65(87)69-23-26-94-48-35-45-34-44(13-18-51(45)71-37-48)59-60(52-9-6-8-42(5)72-52)76-54(75-59)38-70-47-16-17-50(66)49(36-47)61(83)78-96(88,89)41(3)4/h6,8-9,11-20,34-37,40-41,53,58,70H,7,10,21-33,38-39H2,1-5H3,(H,69,87)(H,73,84)(H,74,85)(H,75,76)(H,77,80)(H,78,83)(H3,67,68,86). The fourth-order valence-electron chi connectivity index (χ4n) is 9.22. The van der Waals surface area contributed by atoms with E-state index in [1.165, 1.54) is 26.0 Å². The van der Waals surface area contributed by atoms with Crippen molar-refractivity contribution in [2.75, 3.05) is 89.7 Å². The molecule has 0 spiro atoms. The number of H-pyrrole nitrogens is 1. The number of halogens is 1. The number of aryl methyl sites for hydroxylation is 1. The number of nitrogens with two attached hydrogens (primary N) is 1. The van der Waals surface area contributed by atoms with Gasteiger partial charge < -0.3 is 71.0 Å². The molecule has 6 aromatic rings. The van der Waals surface area contributed by atoms with Gasteiger partial charge in [0.2, 0.25) is 27.7 Å². The molecule has 0 fully saturated rings. The van der Waals surface area contributed by atoms with Gasteiger partial charge in [0.15, 0.2) is 0 Å². The third-order valence-electron chi connectivity index (χ3n) is 14.4. The molecule has 96 heavy (non-hydrogen) atoms. The van der Waals surface area contributed by atoms with Crippen LogP contribution in [0.4, 0.5) is 21.0 Å².